The first kappa shape index (κ1) is 14.1. The van der Waals surface area contributed by atoms with E-state index in [4.69, 9.17) is 0 Å². The molecule has 2 heterocycles. The summed E-state index contributed by atoms with van der Waals surface area (Å²) in [6.45, 7) is 2.14. The van der Waals surface area contributed by atoms with Crippen LogP contribution < -0.4 is 0 Å². The lowest BCUT2D eigenvalue weighted by Gasteiger charge is -2.30. The van der Waals surface area contributed by atoms with Crippen LogP contribution in [-0.4, -0.2) is 24.0 Å². The van der Waals surface area contributed by atoms with Crippen molar-refractivity contribution in [3.05, 3.63) is 39.9 Å². The van der Waals surface area contributed by atoms with E-state index in [-0.39, 0.29) is 12.4 Å². The molecule has 1 aromatic rings. The number of halogens is 2. The first-order chi connectivity index (χ1) is 8.15. The van der Waals surface area contributed by atoms with Crippen molar-refractivity contribution in [1.82, 2.24) is 4.90 Å². The zero-order valence-electron chi connectivity index (χ0n) is 10.8. The molecular formula is C15H19BrClN. The maximum atomic E-state index is 3.63. The molecule has 98 valence electrons. The zero-order chi connectivity index (χ0) is 12.0. The fourth-order valence-corrected chi connectivity index (χ4v) is 3.43. The number of likely N-dealkylation sites (N-methyl/N-ethyl adjacent to an activating group) is 1. The van der Waals surface area contributed by atoms with Crippen LogP contribution in [0.4, 0.5) is 0 Å². The third-order valence-electron chi connectivity index (χ3n) is 4.29. The molecule has 1 nitrogen and oxygen atoms in total. The molecule has 0 saturated carbocycles. The Hall–Kier alpha value is -0.310. The van der Waals surface area contributed by atoms with Crippen molar-refractivity contribution in [2.75, 3.05) is 7.05 Å². The van der Waals surface area contributed by atoms with Crippen molar-refractivity contribution in [3.63, 3.8) is 0 Å². The van der Waals surface area contributed by atoms with E-state index >= 15 is 0 Å². The van der Waals surface area contributed by atoms with Crippen LogP contribution >= 0.6 is 28.3 Å². The van der Waals surface area contributed by atoms with Crippen LogP contribution in [-0.2, 0) is 0 Å². The van der Waals surface area contributed by atoms with Crippen molar-refractivity contribution in [2.45, 2.75) is 38.3 Å². The average molecular weight is 329 g/mol. The zero-order valence-corrected chi connectivity index (χ0v) is 13.2. The number of benzene rings is 1. The summed E-state index contributed by atoms with van der Waals surface area (Å²) in [5, 5.41) is 0. The van der Waals surface area contributed by atoms with Gasteiger partial charge in [-0.1, -0.05) is 34.1 Å². The van der Waals surface area contributed by atoms with Crippen LogP contribution in [0, 0.1) is 6.92 Å². The lowest BCUT2D eigenvalue weighted by molar-refractivity contribution is 0.264. The molecule has 1 saturated heterocycles. The monoisotopic (exact) mass is 327 g/mol. The topological polar surface area (TPSA) is 3.24 Å². The number of nitrogens with zero attached hydrogens (tertiary/aromatic N) is 1. The molecule has 3 heteroatoms. The van der Waals surface area contributed by atoms with Gasteiger partial charge in [0.15, 0.2) is 0 Å². The second-order valence-corrected chi connectivity index (χ2v) is 6.18. The summed E-state index contributed by atoms with van der Waals surface area (Å²) in [4.78, 5) is 2.53. The summed E-state index contributed by atoms with van der Waals surface area (Å²) in [5.41, 5.74) is 4.24. The lowest BCUT2D eigenvalue weighted by Crippen LogP contribution is -2.34. The van der Waals surface area contributed by atoms with Crippen molar-refractivity contribution in [2.24, 2.45) is 0 Å². The summed E-state index contributed by atoms with van der Waals surface area (Å²) in [6, 6.07) is 8.17. The molecule has 0 N–H and O–H groups in total. The van der Waals surface area contributed by atoms with Gasteiger partial charge in [-0.3, -0.25) is 4.90 Å². The molecule has 0 aromatic heterocycles. The number of hydrogen-bond donors (Lipinski definition) is 0. The van der Waals surface area contributed by atoms with Gasteiger partial charge in [0.1, 0.15) is 0 Å². The van der Waals surface area contributed by atoms with E-state index in [9.17, 15) is 0 Å². The van der Waals surface area contributed by atoms with Crippen molar-refractivity contribution in [1.29, 1.82) is 0 Å². The minimum absolute atomic E-state index is 0. The number of fused-ring (bicyclic) bond motifs is 2. The van der Waals surface area contributed by atoms with Crippen LogP contribution in [0.5, 0.6) is 0 Å². The molecule has 1 fully saturated rings. The summed E-state index contributed by atoms with van der Waals surface area (Å²) in [7, 11) is 2.26. The molecule has 1 aromatic carbocycles. The number of aryl methyl sites for hydroxylation is 1. The van der Waals surface area contributed by atoms with Crippen LogP contribution in [0.3, 0.4) is 0 Å². The quantitative estimate of drug-likeness (QED) is 0.737. The first-order valence-corrected chi connectivity index (χ1v) is 7.13. The van der Waals surface area contributed by atoms with Gasteiger partial charge >= 0.3 is 0 Å². The molecule has 3 rings (SSSR count). The highest BCUT2D eigenvalue weighted by atomic mass is 79.9. The van der Waals surface area contributed by atoms with Gasteiger partial charge in [0, 0.05) is 16.6 Å². The van der Waals surface area contributed by atoms with E-state index in [0.29, 0.717) is 6.04 Å². The smallest absolute Gasteiger partial charge is 0.0284 e. The summed E-state index contributed by atoms with van der Waals surface area (Å²) in [6.07, 6.45) is 6.37. The second-order valence-electron chi connectivity index (χ2n) is 5.32. The Morgan fingerprint density at radius 2 is 2.06 bits per heavy atom. The van der Waals surface area contributed by atoms with E-state index < -0.39 is 0 Å². The first-order valence-electron chi connectivity index (χ1n) is 6.34. The maximum absolute atomic E-state index is 3.63. The van der Waals surface area contributed by atoms with E-state index in [1.165, 1.54) is 40.4 Å². The SMILES string of the molecule is Cc1ccc(C2=CC3CCC(C2)N3C)cc1Br.Cl. The third-order valence-corrected chi connectivity index (χ3v) is 5.14. The van der Waals surface area contributed by atoms with Gasteiger partial charge in [0.05, 0.1) is 0 Å². The Morgan fingerprint density at radius 1 is 1.28 bits per heavy atom. The molecule has 18 heavy (non-hydrogen) atoms. The summed E-state index contributed by atoms with van der Waals surface area (Å²) < 4.78 is 1.22. The van der Waals surface area contributed by atoms with Gasteiger partial charge < -0.3 is 0 Å². The van der Waals surface area contributed by atoms with E-state index in [1.54, 1.807) is 0 Å². The predicted octanol–water partition coefficient (Wildman–Crippen LogP) is 4.43. The molecule has 2 unspecified atom stereocenters. The molecule has 2 aliphatic rings. The van der Waals surface area contributed by atoms with Crippen molar-refractivity contribution in [3.8, 4) is 0 Å². The Balaban J connectivity index is 0.00000120. The fraction of sp³-hybridized carbons (Fsp3) is 0.467. The minimum atomic E-state index is 0. The van der Waals surface area contributed by atoms with Gasteiger partial charge in [-0.15, -0.1) is 12.4 Å². The van der Waals surface area contributed by atoms with E-state index in [2.05, 4.69) is 59.1 Å². The van der Waals surface area contributed by atoms with Crippen molar-refractivity contribution >= 4 is 33.9 Å². The number of rotatable bonds is 1. The summed E-state index contributed by atoms with van der Waals surface area (Å²) >= 11 is 3.63. The Labute approximate surface area is 124 Å². The highest BCUT2D eigenvalue weighted by Gasteiger charge is 2.33. The Bertz CT molecular complexity index is 483. The molecule has 0 radical (unpaired) electrons. The Morgan fingerprint density at radius 3 is 2.72 bits per heavy atom. The van der Waals surface area contributed by atoms with E-state index in [0.717, 1.165) is 6.04 Å². The Kier molecular flexibility index (Phi) is 4.20. The van der Waals surface area contributed by atoms with Gasteiger partial charge in [-0.2, -0.15) is 0 Å². The molecule has 2 atom stereocenters. The van der Waals surface area contributed by atoms with Gasteiger partial charge in [-0.05, 0) is 56.0 Å². The number of hydrogen-bond acceptors (Lipinski definition) is 1. The highest BCUT2D eigenvalue weighted by molar-refractivity contribution is 9.10. The average Bonchev–Trinajstić information content (AvgIpc) is 2.55. The van der Waals surface area contributed by atoms with Crippen LogP contribution in [0.15, 0.2) is 28.7 Å². The lowest BCUT2D eigenvalue weighted by atomic mass is 9.94. The maximum Gasteiger partial charge on any atom is 0.0284 e. The van der Waals surface area contributed by atoms with Gasteiger partial charge in [-0.25, -0.2) is 0 Å². The molecule has 2 aliphatic heterocycles. The third kappa shape index (κ3) is 2.38. The highest BCUT2D eigenvalue weighted by Crippen LogP contribution is 2.38. The normalized spacial score (nSPS) is 26.7. The molecule has 0 amide bonds. The fourth-order valence-electron chi connectivity index (χ4n) is 3.05. The van der Waals surface area contributed by atoms with Gasteiger partial charge in [0.25, 0.3) is 0 Å². The molecule has 0 spiro atoms. The molecular weight excluding hydrogens is 310 g/mol. The van der Waals surface area contributed by atoms with Crippen LogP contribution in [0.2, 0.25) is 0 Å². The van der Waals surface area contributed by atoms with Gasteiger partial charge in [0.2, 0.25) is 0 Å². The predicted molar refractivity (Wildman–Crippen MR) is 83.3 cm³/mol. The largest absolute Gasteiger partial charge is 0.297 e. The van der Waals surface area contributed by atoms with Crippen LogP contribution in [0.25, 0.3) is 5.57 Å². The van der Waals surface area contributed by atoms with Crippen LogP contribution in [0.1, 0.15) is 30.4 Å². The standard InChI is InChI=1S/C15H18BrN.ClH/c1-10-3-4-11(9-15(10)16)12-7-13-5-6-14(8-12)17(13)2;/h3-4,7,9,13-14H,5-6,8H2,1-2H3;1H. The minimum Gasteiger partial charge on any atom is -0.297 e. The van der Waals surface area contributed by atoms with Crippen molar-refractivity contribution < 1.29 is 0 Å². The molecule has 2 bridgehead atoms. The van der Waals surface area contributed by atoms with E-state index in [1.807, 2.05) is 0 Å². The second kappa shape index (κ2) is 5.36. The molecule has 0 aliphatic carbocycles. The summed E-state index contributed by atoms with van der Waals surface area (Å²) in [5.74, 6) is 0.